The Kier molecular flexibility index (Phi) is 13.6. The first-order valence-corrected chi connectivity index (χ1v) is 12.8. The predicted molar refractivity (Wildman–Crippen MR) is 149 cm³/mol. The van der Waals surface area contributed by atoms with Crippen LogP contribution in [0.4, 0.5) is 0 Å². The number of ether oxygens (including phenoxy) is 5. The van der Waals surface area contributed by atoms with Crippen LogP contribution in [0.1, 0.15) is 55.5 Å². The number of methoxy groups -OCH3 is 1. The van der Waals surface area contributed by atoms with E-state index in [1.807, 2.05) is 6.92 Å². The van der Waals surface area contributed by atoms with E-state index in [1.54, 1.807) is 67.6 Å². The van der Waals surface area contributed by atoms with Crippen LogP contribution in [0, 0.1) is 0 Å². The van der Waals surface area contributed by atoms with Crippen LogP contribution < -0.4 is 14.2 Å². The maximum Gasteiger partial charge on any atom is 0.343 e. The van der Waals surface area contributed by atoms with Crippen molar-refractivity contribution >= 4 is 24.0 Å². The van der Waals surface area contributed by atoms with Gasteiger partial charge in [-0.15, -0.1) is 0 Å². The molecule has 0 saturated heterocycles. The van der Waals surface area contributed by atoms with E-state index in [-0.39, 0.29) is 18.3 Å². The number of benzene rings is 2. The van der Waals surface area contributed by atoms with Crippen LogP contribution in [0.15, 0.2) is 72.8 Å². The third-order valence-electron chi connectivity index (χ3n) is 5.34. The largest absolute Gasteiger partial charge is 0.494 e. The van der Waals surface area contributed by atoms with E-state index in [2.05, 4.69) is 6.58 Å². The van der Waals surface area contributed by atoms with E-state index >= 15 is 0 Å². The lowest BCUT2D eigenvalue weighted by Crippen LogP contribution is -2.09. The summed E-state index contributed by atoms with van der Waals surface area (Å²) in [6.45, 7) is 8.16. The van der Waals surface area contributed by atoms with Gasteiger partial charge in [0.2, 0.25) is 0 Å². The van der Waals surface area contributed by atoms with Crippen LogP contribution in [0.5, 0.6) is 17.2 Å². The highest BCUT2D eigenvalue weighted by molar-refractivity contribution is 5.91. The molecule has 0 fully saturated rings. The Balaban J connectivity index is 1.78. The zero-order valence-corrected chi connectivity index (χ0v) is 22.8. The molecule has 0 spiro atoms. The van der Waals surface area contributed by atoms with Crippen molar-refractivity contribution in [1.29, 1.82) is 0 Å². The molecule has 2 rings (SSSR count). The van der Waals surface area contributed by atoms with Gasteiger partial charge in [0.1, 0.15) is 12.4 Å². The number of carbonyl (C=O) groups is 3. The minimum Gasteiger partial charge on any atom is -0.494 e. The van der Waals surface area contributed by atoms with Crippen LogP contribution in [-0.4, -0.2) is 44.8 Å². The van der Waals surface area contributed by atoms with Gasteiger partial charge in [-0.3, -0.25) is 0 Å². The molecule has 0 aliphatic heterocycles. The first kappa shape index (κ1) is 30.9. The Morgan fingerprint density at radius 1 is 0.897 bits per heavy atom. The molecular weight excluding hydrogens is 500 g/mol. The third-order valence-corrected chi connectivity index (χ3v) is 5.34. The van der Waals surface area contributed by atoms with E-state index in [1.165, 1.54) is 13.2 Å². The summed E-state index contributed by atoms with van der Waals surface area (Å²) in [5, 5.41) is 0. The van der Waals surface area contributed by atoms with Crippen molar-refractivity contribution in [1.82, 2.24) is 0 Å². The van der Waals surface area contributed by atoms with Crippen molar-refractivity contribution in [2.45, 2.75) is 39.5 Å². The molecule has 39 heavy (non-hydrogen) atoms. The fourth-order valence-corrected chi connectivity index (χ4v) is 3.19. The standard InChI is InChI=1S/C31H36O8/c1-5-6-19-37-29(32)18-12-24-11-17-27(28(22-24)35-4)39-31(34)25-13-15-26(16-14-25)36-20-9-7-8-10-21-38-30(33)23(2)3/h5-6,11-18,22H,2,7-10,19-21H2,1,3-4H3/b6-5+,18-12+. The molecular formula is C31H36O8. The molecule has 0 amide bonds. The molecule has 8 heteroatoms. The molecule has 0 aliphatic rings. The molecule has 2 aromatic rings. The topological polar surface area (TPSA) is 97.4 Å². The van der Waals surface area contributed by atoms with Crippen LogP contribution in [0.2, 0.25) is 0 Å². The van der Waals surface area contributed by atoms with E-state index < -0.39 is 11.9 Å². The van der Waals surface area contributed by atoms with Crippen molar-refractivity contribution in [3.8, 4) is 17.2 Å². The Bertz CT molecular complexity index is 1160. The quantitative estimate of drug-likeness (QED) is 0.0834. The molecule has 2 aromatic carbocycles. The average molecular weight is 537 g/mol. The number of hydrogen-bond donors (Lipinski definition) is 0. The minimum absolute atomic E-state index is 0.211. The lowest BCUT2D eigenvalue weighted by molar-refractivity contribution is -0.139. The zero-order valence-electron chi connectivity index (χ0n) is 22.8. The van der Waals surface area contributed by atoms with Crippen molar-refractivity contribution in [2.24, 2.45) is 0 Å². The van der Waals surface area contributed by atoms with Gasteiger partial charge in [-0.05, 0) is 87.6 Å². The molecule has 0 unspecified atom stereocenters. The first-order chi connectivity index (χ1) is 18.8. The molecule has 0 heterocycles. The molecule has 0 bridgehead atoms. The van der Waals surface area contributed by atoms with Crippen LogP contribution >= 0.6 is 0 Å². The number of hydrogen-bond acceptors (Lipinski definition) is 8. The van der Waals surface area contributed by atoms with Crippen LogP contribution in [0.3, 0.4) is 0 Å². The predicted octanol–water partition coefficient (Wildman–Crippen LogP) is 6.11. The summed E-state index contributed by atoms with van der Waals surface area (Å²) in [6.07, 6.45) is 9.98. The Hall–Kier alpha value is -4.33. The Morgan fingerprint density at radius 2 is 1.62 bits per heavy atom. The SMILES string of the molecule is C=C(C)C(=O)OCCCCCCOc1ccc(C(=O)Oc2ccc(/C=C/C(=O)OC/C=C/C)cc2OC)cc1. The molecule has 0 aromatic heterocycles. The maximum atomic E-state index is 12.6. The van der Waals surface area contributed by atoms with Crippen molar-refractivity contribution < 1.29 is 38.1 Å². The van der Waals surface area contributed by atoms with Gasteiger partial charge in [0.25, 0.3) is 0 Å². The molecule has 0 N–H and O–H groups in total. The van der Waals surface area contributed by atoms with Crippen molar-refractivity contribution in [2.75, 3.05) is 26.9 Å². The van der Waals surface area contributed by atoms with Gasteiger partial charge in [-0.25, -0.2) is 14.4 Å². The summed E-state index contributed by atoms with van der Waals surface area (Å²) in [4.78, 5) is 35.7. The Morgan fingerprint density at radius 3 is 2.28 bits per heavy atom. The zero-order chi connectivity index (χ0) is 28.5. The number of esters is 3. The fraction of sp³-hybridized carbons (Fsp3) is 0.323. The van der Waals surface area contributed by atoms with Crippen LogP contribution in [0.25, 0.3) is 6.08 Å². The normalized spacial score (nSPS) is 10.8. The second-order valence-corrected chi connectivity index (χ2v) is 8.54. The summed E-state index contributed by atoms with van der Waals surface area (Å²) >= 11 is 0. The van der Waals surface area contributed by atoms with E-state index in [0.717, 1.165) is 25.7 Å². The van der Waals surface area contributed by atoms with Gasteiger partial charge in [0.05, 0.1) is 25.9 Å². The van der Waals surface area contributed by atoms with E-state index in [4.69, 9.17) is 23.7 Å². The van der Waals surface area contributed by atoms with Crippen LogP contribution in [-0.2, 0) is 19.1 Å². The molecule has 8 nitrogen and oxygen atoms in total. The molecule has 0 radical (unpaired) electrons. The summed E-state index contributed by atoms with van der Waals surface area (Å²) in [5.74, 6) is -0.101. The van der Waals surface area contributed by atoms with Crippen molar-refractivity contribution in [3.63, 3.8) is 0 Å². The highest BCUT2D eigenvalue weighted by Crippen LogP contribution is 2.29. The Labute approximate surface area is 229 Å². The summed E-state index contributed by atoms with van der Waals surface area (Å²) < 4.78 is 26.7. The van der Waals surface area contributed by atoms with Gasteiger partial charge >= 0.3 is 17.9 Å². The molecule has 0 aliphatic carbocycles. The molecule has 0 atom stereocenters. The van der Waals surface area contributed by atoms with Gasteiger partial charge in [-0.1, -0.05) is 24.8 Å². The van der Waals surface area contributed by atoms with Gasteiger partial charge < -0.3 is 23.7 Å². The number of unbranched alkanes of at least 4 members (excludes halogenated alkanes) is 3. The van der Waals surface area contributed by atoms with E-state index in [0.29, 0.717) is 41.4 Å². The second-order valence-electron chi connectivity index (χ2n) is 8.54. The van der Waals surface area contributed by atoms with E-state index in [9.17, 15) is 14.4 Å². The minimum atomic E-state index is -0.539. The molecule has 208 valence electrons. The lowest BCUT2D eigenvalue weighted by atomic mass is 10.2. The number of carbonyl (C=O) groups excluding carboxylic acids is 3. The van der Waals surface area contributed by atoms with Gasteiger partial charge in [0, 0.05) is 11.6 Å². The number of rotatable bonds is 16. The third kappa shape index (κ3) is 11.7. The lowest BCUT2D eigenvalue weighted by Gasteiger charge is -2.11. The average Bonchev–Trinajstić information content (AvgIpc) is 2.94. The first-order valence-electron chi connectivity index (χ1n) is 12.8. The second kappa shape index (κ2) is 17.2. The molecule has 0 saturated carbocycles. The summed E-state index contributed by atoms with van der Waals surface area (Å²) in [5.41, 5.74) is 1.45. The highest BCUT2D eigenvalue weighted by atomic mass is 16.6. The highest BCUT2D eigenvalue weighted by Gasteiger charge is 2.13. The maximum absolute atomic E-state index is 12.6. The number of allylic oxidation sites excluding steroid dienone is 1. The van der Waals surface area contributed by atoms with Gasteiger partial charge in [-0.2, -0.15) is 0 Å². The van der Waals surface area contributed by atoms with Crippen molar-refractivity contribution in [3.05, 3.63) is 84.0 Å². The monoisotopic (exact) mass is 536 g/mol. The summed E-state index contributed by atoms with van der Waals surface area (Å²) in [6, 6.07) is 11.7. The smallest absolute Gasteiger partial charge is 0.343 e. The fourth-order valence-electron chi connectivity index (χ4n) is 3.19. The summed E-state index contributed by atoms with van der Waals surface area (Å²) in [7, 11) is 1.47. The van der Waals surface area contributed by atoms with Gasteiger partial charge in [0.15, 0.2) is 11.5 Å².